The highest BCUT2D eigenvalue weighted by Crippen LogP contribution is 2.22. The van der Waals surface area contributed by atoms with Crippen molar-refractivity contribution in [1.82, 2.24) is 0 Å². The highest BCUT2D eigenvalue weighted by Gasteiger charge is 2.12. The summed E-state index contributed by atoms with van der Waals surface area (Å²) in [6, 6.07) is 2.55. The average molecular weight is 252 g/mol. The van der Waals surface area contributed by atoms with Crippen molar-refractivity contribution in [2.24, 2.45) is 5.73 Å². The number of nitrogens with two attached hydrogens (primary N) is 1. The second kappa shape index (κ2) is 6.66. The first-order chi connectivity index (χ1) is 7.04. The summed E-state index contributed by atoms with van der Waals surface area (Å²) in [5.74, 6) is -1.88. The minimum atomic E-state index is -0.940. The van der Waals surface area contributed by atoms with Gasteiger partial charge in [-0.15, -0.1) is 12.4 Å². The second-order valence-corrected chi connectivity index (χ2v) is 3.50. The first-order valence-corrected chi connectivity index (χ1v) is 4.91. The third-order valence-electron chi connectivity index (χ3n) is 1.91. The summed E-state index contributed by atoms with van der Waals surface area (Å²) in [4.78, 5) is 0. The molecule has 0 saturated carbocycles. The molecule has 16 heavy (non-hydrogen) atoms. The normalized spacial score (nSPS) is 11.8. The predicted octanol–water partition coefficient (Wildman–Crippen LogP) is 2.68. The number of rotatable bonds is 4. The Morgan fingerprint density at radius 3 is 2.50 bits per heavy atom. The van der Waals surface area contributed by atoms with Crippen molar-refractivity contribution in [1.29, 1.82) is 0 Å². The van der Waals surface area contributed by atoms with Gasteiger partial charge in [0.1, 0.15) is 0 Å². The monoisotopic (exact) mass is 251 g/mol. The molecule has 0 aromatic heterocycles. The van der Waals surface area contributed by atoms with Gasteiger partial charge in [-0.25, -0.2) is 4.39 Å². The maximum absolute atomic E-state index is 13.2. The summed E-state index contributed by atoms with van der Waals surface area (Å²) < 4.78 is 31.3. The smallest absolute Gasteiger partial charge is 0.200 e. The maximum Gasteiger partial charge on any atom is 0.200 e. The molecule has 1 rings (SSSR count). The van der Waals surface area contributed by atoms with E-state index in [1.165, 1.54) is 6.07 Å². The second-order valence-electron chi connectivity index (χ2n) is 3.50. The van der Waals surface area contributed by atoms with Crippen LogP contribution in [0.2, 0.25) is 0 Å². The van der Waals surface area contributed by atoms with E-state index in [9.17, 15) is 8.78 Å². The molecule has 92 valence electrons. The van der Waals surface area contributed by atoms with Crippen LogP contribution in [0.4, 0.5) is 8.78 Å². The molecule has 0 bridgehead atoms. The summed E-state index contributed by atoms with van der Waals surface area (Å²) in [5.41, 5.74) is 6.23. The first-order valence-electron chi connectivity index (χ1n) is 4.91. The lowest BCUT2D eigenvalue weighted by atomic mass is 10.1. The molecule has 2 nitrogen and oxygen atoms in total. The van der Waals surface area contributed by atoms with Crippen molar-refractivity contribution in [3.8, 4) is 5.75 Å². The van der Waals surface area contributed by atoms with E-state index in [1.807, 2.05) is 6.92 Å². The van der Waals surface area contributed by atoms with Crippen LogP contribution in [0.3, 0.4) is 0 Å². The highest BCUT2D eigenvalue weighted by atomic mass is 35.5. The SMILES string of the molecule is CCOc1cc(CC(C)N)cc(F)c1F.Cl. The number of hydrogen-bond donors (Lipinski definition) is 1. The molecule has 0 heterocycles. The van der Waals surface area contributed by atoms with E-state index in [-0.39, 0.29) is 24.2 Å². The van der Waals surface area contributed by atoms with Crippen molar-refractivity contribution >= 4 is 12.4 Å². The Kier molecular flexibility index (Phi) is 6.29. The molecule has 0 saturated heterocycles. The fourth-order valence-corrected chi connectivity index (χ4v) is 1.37. The van der Waals surface area contributed by atoms with Crippen molar-refractivity contribution in [2.75, 3.05) is 6.61 Å². The van der Waals surface area contributed by atoms with Gasteiger partial charge in [0.15, 0.2) is 11.6 Å². The largest absolute Gasteiger partial charge is 0.491 e. The molecule has 0 aliphatic heterocycles. The number of hydrogen-bond acceptors (Lipinski definition) is 2. The maximum atomic E-state index is 13.2. The van der Waals surface area contributed by atoms with E-state index < -0.39 is 11.6 Å². The van der Waals surface area contributed by atoms with Crippen LogP contribution in [0, 0.1) is 11.6 Å². The van der Waals surface area contributed by atoms with Crippen LogP contribution in [0.5, 0.6) is 5.75 Å². The summed E-state index contributed by atoms with van der Waals surface area (Å²) >= 11 is 0. The summed E-state index contributed by atoms with van der Waals surface area (Å²) in [5, 5.41) is 0. The lowest BCUT2D eigenvalue weighted by molar-refractivity contribution is 0.313. The van der Waals surface area contributed by atoms with E-state index in [2.05, 4.69) is 0 Å². The molecule has 1 aromatic rings. The number of ether oxygens (including phenoxy) is 1. The molecule has 0 fully saturated rings. The average Bonchev–Trinajstić information content (AvgIpc) is 2.12. The van der Waals surface area contributed by atoms with Gasteiger partial charge in [0, 0.05) is 6.04 Å². The molecule has 0 spiro atoms. The van der Waals surface area contributed by atoms with E-state index >= 15 is 0 Å². The minimum absolute atomic E-state index is 0. The van der Waals surface area contributed by atoms with Gasteiger partial charge in [0.25, 0.3) is 0 Å². The van der Waals surface area contributed by atoms with E-state index in [0.29, 0.717) is 18.6 Å². The van der Waals surface area contributed by atoms with Gasteiger partial charge in [-0.2, -0.15) is 4.39 Å². The van der Waals surface area contributed by atoms with Crippen molar-refractivity contribution in [2.45, 2.75) is 26.3 Å². The van der Waals surface area contributed by atoms with Gasteiger partial charge in [0.2, 0.25) is 5.82 Å². The van der Waals surface area contributed by atoms with Crippen LogP contribution in [-0.2, 0) is 6.42 Å². The Labute approximate surface area is 100 Å². The van der Waals surface area contributed by atoms with Gasteiger partial charge in [-0.05, 0) is 38.0 Å². The summed E-state index contributed by atoms with van der Waals surface area (Å²) in [7, 11) is 0. The molecular weight excluding hydrogens is 236 g/mol. The molecule has 5 heteroatoms. The quantitative estimate of drug-likeness (QED) is 0.893. The fourth-order valence-electron chi connectivity index (χ4n) is 1.37. The fraction of sp³-hybridized carbons (Fsp3) is 0.455. The Morgan fingerprint density at radius 2 is 2.00 bits per heavy atom. The van der Waals surface area contributed by atoms with Crippen molar-refractivity contribution < 1.29 is 13.5 Å². The lowest BCUT2D eigenvalue weighted by Gasteiger charge is -2.10. The highest BCUT2D eigenvalue weighted by molar-refractivity contribution is 5.85. The topological polar surface area (TPSA) is 35.2 Å². The van der Waals surface area contributed by atoms with Crippen LogP contribution < -0.4 is 10.5 Å². The van der Waals surface area contributed by atoms with E-state index in [4.69, 9.17) is 10.5 Å². The third kappa shape index (κ3) is 3.94. The Bertz CT molecular complexity index is 345. The van der Waals surface area contributed by atoms with Gasteiger partial charge < -0.3 is 10.5 Å². The Hall–Kier alpha value is -0.870. The molecule has 0 radical (unpaired) electrons. The Morgan fingerprint density at radius 1 is 1.38 bits per heavy atom. The van der Waals surface area contributed by atoms with Crippen LogP contribution in [0.25, 0.3) is 0 Å². The first kappa shape index (κ1) is 15.1. The van der Waals surface area contributed by atoms with Gasteiger partial charge >= 0.3 is 0 Å². The van der Waals surface area contributed by atoms with Gasteiger partial charge in [-0.3, -0.25) is 0 Å². The summed E-state index contributed by atoms with van der Waals surface area (Å²) in [6.07, 6.45) is 0.497. The molecule has 0 aliphatic carbocycles. The van der Waals surface area contributed by atoms with Crippen molar-refractivity contribution in [3.63, 3.8) is 0 Å². The molecule has 2 N–H and O–H groups in total. The van der Waals surface area contributed by atoms with Crippen molar-refractivity contribution in [3.05, 3.63) is 29.3 Å². The Balaban J connectivity index is 0.00000225. The third-order valence-corrected chi connectivity index (χ3v) is 1.91. The summed E-state index contributed by atoms with van der Waals surface area (Å²) in [6.45, 7) is 3.83. The molecular formula is C11H16ClF2NO. The zero-order valence-electron chi connectivity index (χ0n) is 9.30. The van der Waals surface area contributed by atoms with Gasteiger partial charge in [0.05, 0.1) is 6.61 Å². The number of benzene rings is 1. The van der Waals surface area contributed by atoms with Gasteiger partial charge in [-0.1, -0.05) is 0 Å². The minimum Gasteiger partial charge on any atom is -0.491 e. The van der Waals surface area contributed by atoms with Crippen LogP contribution in [0.1, 0.15) is 19.4 Å². The van der Waals surface area contributed by atoms with Crippen LogP contribution in [0.15, 0.2) is 12.1 Å². The zero-order valence-corrected chi connectivity index (χ0v) is 10.1. The van der Waals surface area contributed by atoms with E-state index in [0.717, 1.165) is 6.07 Å². The standard InChI is InChI=1S/C11H15F2NO.ClH/c1-3-15-10-6-8(4-7(2)14)5-9(12)11(10)13;/h5-7H,3-4,14H2,1-2H3;1H. The zero-order chi connectivity index (χ0) is 11.4. The molecule has 1 aromatic carbocycles. The lowest BCUT2D eigenvalue weighted by Crippen LogP contribution is -2.18. The molecule has 0 aliphatic rings. The molecule has 1 atom stereocenters. The number of halogens is 3. The van der Waals surface area contributed by atoms with Crippen LogP contribution >= 0.6 is 12.4 Å². The molecule has 1 unspecified atom stereocenters. The van der Waals surface area contributed by atoms with E-state index in [1.54, 1.807) is 6.92 Å². The van der Waals surface area contributed by atoms with Crippen LogP contribution in [-0.4, -0.2) is 12.6 Å². The molecule has 0 amide bonds. The predicted molar refractivity (Wildman–Crippen MR) is 62.1 cm³/mol.